The predicted octanol–water partition coefficient (Wildman–Crippen LogP) is 4.74. The first-order valence-corrected chi connectivity index (χ1v) is 9.84. The summed E-state index contributed by atoms with van der Waals surface area (Å²) >= 11 is 0. The highest BCUT2D eigenvalue weighted by Gasteiger charge is 2.21. The zero-order valence-electron chi connectivity index (χ0n) is 16.1. The van der Waals surface area contributed by atoms with Crippen molar-refractivity contribution in [3.63, 3.8) is 0 Å². The summed E-state index contributed by atoms with van der Waals surface area (Å²) in [6, 6.07) is 24.8. The van der Waals surface area contributed by atoms with Crippen LogP contribution in [-0.4, -0.2) is 16.9 Å². The van der Waals surface area contributed by atoms with Crippen LogP contribution >= 0.6 is 0 Å². The molecule has 1 fully saturated rings. The van der Waals surface area contributed by atoms with Crippen LogP contribution in [0.25, 0.3) is 11.1 Å². The molecule has 1 saturated carbocycles. The maximum atomic E-state index is 12.5. The number of amides is 1. The zero-order chi connectivity index (χ0) is 19.3. The molecule has 4 nitrogen and oxygen atoms in total. The van der Waals surface area contributed by atoms with Gasteiger partial charge < -0.3 is 10.6 Å². The predicted molar refractivity (Wildman–Crippen MR) is 113 cm³/mol. The summed E-state index contributed by atoms with van der Waals surface area (Å²) in [7, 11) is 0. The number of hydrogen-bond donors (Lipinski definition) is 2. The van der Waals surface area contributed by atoms with Crippen molar-refractivity contribution in [2.45, 2.75) is 38.3 Å². The molecule has 3 aromatic rings. The van der Waals surface area contributed by atoms with Gasteiger partial charge in [0.25, 0.3) is 0 Å². The highest BCUT2D eigenvalue weighted by Crippen LogP contribution is 2.24. The van der Waals surface area contributed by atoms with Crippen LogP contribution in [0.3, 0.4) is 0 Å². The Kier molecular flexibility index (Phi) is 5.38. The van der Waals surface area contributed by atoms with Crippen LogP contribution in [-0.2, 0) is 11.2 Å². The molecule has 4 rings (SSSR count). The van der Waals surface area contributed by atoms with Crippen molar-refractivity contribution >= 4 is 11.7 Å². The second-order valence-electron chi connectivity index (χ2n) is 7.40. The topological polar surface area (TPSA) is 54.0 Å². The summed E-state index contributed by atoms with van der Waals surface area (Å²) in [5.74, 6) is 0.889. The lowest BCUT2D eigenvalue weighted by atomic mass is 10.0. The molecular weight excluding hydrogens is 346 g/mol. The average molecular weight is 371 g/mol. The molecule has 2 N–H and O–H groups in total. The van der Waals surface area contributed by atoms with E-state index in [0.717, 1.165) is 22.6 Å². The minimum atomic E-state index is -0.128. The molecule has 0 spiro atoms. The molecule has 1 aromatic heterocycles. The Bertz CT molecular complexity index is 934. The van der Waals surface area contributed by atoms with Gasteiger partial charge in [-0.05, 0) is 48.6 Å². The Morgan fingerprint density at radius 2 is 1.68 bits per heavy atom. The van der Waals surface area contributed by atoms with E-state index in [9.17, 15) is 4.79 Å². The van der Waals surface area contributed by atoms with E-state index in [-0.39, 0.29) is 11.9 Å². The number of carbonyl (C=O) groups excluding carboxylic acids is 1. The first-order valence-electron chi connectivity index (χ1n) is 9.84. The summed E-state index contributed by atoms with van der Waals surface area (Å²) < 4.78 is 0. The third kappa shape index (κ3) is 4.77. The first-order chi connectivity index (χ1) is 13.7. The van der Waals surface area contributed by atoms with E-state index < -0.39 is 0 Å². The molecule has 4 heteroatoms. The normalized spacial score (nSPS) is 14.3. The SMILES string of the molecule is CC(NC(=O)Cc1ccc(-c2ccccc2)cc1)c1cccc(NC2CC2)n1. The molecule has 1 aliphatic rings. The maximum absolute atomic E-state index is 12.5. The molecule has 0 bridgehead atoms. The second kappa shape index (κ2) is 8.26. The lowest BCUT2D eigenvalue weighted by molar-refractivity contribution is -0.121. The Balaban J connectivity index is 1.34. The highest BCUT2D eigenvalue weighted by atomic mass is 16.1. The van der Waals surface area contributed by atoms with E-state index >= 15 is 0 Å². The van der Waals surface area contributed by atoms with Gasteiger partial charge in [-0.3, -0.25) is 4.79 Å². The number of aromatic nitrogens is 1. The summed E-state index contributed by atoms with van der Waals surface area (Å²) in [4.78, 5) is 17.1. The minimum Gasteiger partial charge on any atom is -0.367 e. The number of nitrogens with zero attached hydrogens (tertiary/aromatic N) is 1. The Morgan fingerprint density at radius 1 is 0.964 bits per heavy atom. The molecule has 1 aliphatic carbocycles. The Labute approximate surface area is 166 Å². The third-order valence-corrected chi connectivity index (χ3v) is 4.95. The van der Waals surface area contributed by atoms with Gasteiger partial charge >= 0.3 is 0 Å². The molecule has 0 radical (unpaired) electrons. The Hall–Kier alpha value is -3.14. The molecule has 28 heavy (non-hydrogen) atoms. The summed E-state index contributed by atoms with van der Waals surface area (Å²) in [5.41, 5.74) is 4.21. The van der Waals surface area contributed by atoms with Gasteiger partial charge in [0.2, 0.25) is 5.91 Å². The van der Waals surface area contributed by atoms with Crippen LogP contribution < -0.4 is 10.6 Å². The van der Waals surface area contributed by atoms with Gasteiger partial charge in [0.15, 0.2) is 0 Å². The number of anilines is 1. The molecule has 0 aliphatic heterocycles. The zero-order valence-corrected chi connectivity index (χ0v) is 16.1. The quantitative estimate of drug-likeness (QED) is 0.630. The minimum absolute atomic E-state index is 0.00214. The lowest BCUT2D eigenvalue weighted by Crippen LogP contribution is -2.28. The van der Waals surface area contributed by atoms with Crippen molar-refractivity contribution in [2.75, 3.05) is 5.32 Å². The second-order valence-corrected chi connectivity index (χ2v) is 7.40. The molecular formula is C24H25N3O. The number of pyridine rings is 1. The van der Waals surface area contributed by atoms with E-state index in [1.54, 1.807) is 0 Å². The molecule has 1 atom stereocenters. The standard InChI is InChI=1S/C24H25N3O/c1-17(22-8-5-9-23(27-22)26-21-14-15-21)25-24(28)16-18-10-12-20(13-11-18)19-6-3-2-4-7-19/h2-13,17,21H,14-16H2,1H3,(H,25,28)(H,26,27). The fourth-order valence-electron chi connectivity index (χ4n) is 3.21. The maximum Gasteiger partial charge on any atom is 0.224 e. The molecule has 1 unspecified atom stereocenters. The van der Waals surface area contributed by atoms with Gasteiger partial charge in [0, 0.05) is 6.04 Å². The largest absolute Gasteiger partial charge is 0.367 e. The number of carbonyl (C=O) groups is 1. The highest BCUT2D eigenvalue weighted by molar-refractivity contribution is 5.79. The molecule has 1 heterocycles. The van der Waals surface area contributed by atoms with Gasteiger partial charge in [-0.2, -0.15) is 0 Å². The smallest absolute Gasteiger partial charge is 0.224 e. The van der Waals surface area contributed by atoms with Crippen molar-refractivity contribution in [3.8, 4) is 11.1 Å². The fourth-order valence-corrected chi connectivity index (χ4v) is 3.21. The van der Waals surface area contributed by atoms with E-state index in [4.69, 9.17) is 0 Å². The van der Waals surface area contributed by atoms with E-state index in [1.165, 1.54) is 18.4 Å². The van der Waals surface area contributed by atoms with Crippen LogP contribution in [0.5, 0.6) is 0 Å². The van der Waals surface area contributed by atoms with Crippen LogP contribution in [0.2, 0.25) is 0 Å². The lowest BCUT2D eigenvalue weighted by Gasteiger charge is -2.15. The van der Waals surface area contributed by atoms with Crippen LogP contribution in [0, 0.1) is 0 Å². The average Bonchev–Trinajstić information content (AvgIpc) is 3.53. The van der Waals surface area contributed by atoms with Crippen molar-refractivity contribution in [3.05, 3.63) is 84.1 Å². The summed E-state index contributed by atoms with van der Waals surface area (Å²) in [6.45, 7) is 1.97. The van der Waals surface area contributed by atoms with E-state index in [2.05, 4.69) is 39.9 Å². The molecule has 142 valence electrons. The monoisotopic (exact) mass is 371 g/mol. The summed E-state index contributed by atoms with van der Waals surface area (Å²) in [6.07, 6.45) is 2.78. The number of nitrogens with one attached hydrogen (secondary N) is 2. The van der Waals surface area contributed by atoms with Crippen LogP contribution in [0.4, 0.5) is 5.82 Å². The van der Waals surface area contributed by atoms with Crippen molar-refractivity contribution in [1.82, 2.24) is 10.3 Å². The van der Waals surface area contributed by atoms with Crippen molar-refractivity contribution in [2.24, 2.45) is 0 Å². The Morgan fingerprint density at radius 3 is 2.39 bits per heavy atom. The molecule has 2 aromatic carbocycles. The van der Waals surface area contributed by atoms with E-state index in [0.29, 0.717) is 12.5 Å². The van der Waals surface area contributed by atoms with Crippen molar-refractivity contribution < 1.29 is 4.79 Å². The fraction of sp³-hybridized carbons (Fsp3) is 0.250. The van der Waals surface area contributed by atoms with E-state index in [1.807, 2.05) is 55.5 Å². The van der Waals surface area contributed by atoms with Gasteiger partial charge in [0.1, 0.15) is 5.82 Å². The first kappa shape index (κ1) is 18.2. The van der Waals surface area contributed by atoms with Crippen LogP contribution in [0.15, 0.2) is 72.8 Å². The van der Waals surface area contributed by atoms with Crippen molar-refractivity contribution in [1.29, 1.82) is 0 Å². The van der Waals surface area contributed by atoms with Gasteiger partial charge in [-0.1, -0.05) is 60.7 Å². The summed E-state index contributed by atoms with van der Waals surface area (Å²) in [5, 5.41) is 6.46. The third-order valence-electron chi connectivity index (χ3n) is 4.95. The van der Waals surface area contributed by atoms with Crippen LogP contribution in [0.1, 0.15) is 37.1 Å². The van der Waals surface area contributed by atoms with Gasteiger partial charge in [0.05, 0.1) is 18.2 Å². The van der Waals surface area contributed by atoms with Gasteiger partial charge in [-0.25, -0.2) is 4.98 Å². The molecule has 0 saturated heterocycles. The van der Waals surface area contributed by atoms with Gasteiger partial charge in [-0.15, -0.1) is 0 Å². The number of hydrogen-bond acceptors (Lipinski definition) is 3. The number of rotatable bonds is 7. The number of benzene rings is 2. The molecule has 1 amide bonds.